The number of nitro groups is 1. The average molecular weight is 291 g/mol. The number of alkyl halides is 1. The molecule has 1 unspecified atom stereocenters. The van der Waals surface area contributed by atoms with Crippen molar-refractivity contribution < 1.29 is 9.72 Å². The Morgan fingerprint density at radius 2 is 1.70 bits per heavy atom. The number of nitro benzene ring substituents is 1. The van der Waals surface area contributed by atoms with Gasteiger partial charge in [0.05, 0.1) is 4.92 Å². The van der Waals surface area contributed by atoms with E-state index in [9.17, 15) is 14.9 Å². The molecule has 20 heavy (non-hydrogen) atoms. The Bertz CT molecular complexity index is 614. The summed E-state index contributed by atoms with van der Waals surface area (Å²) in [7, 11) is 0. The Morgan fingerprint density at radius 3 is 2.25 bits per heavy atom. The van der Waals surface area contributed by atoms with Crippen LogP contribution in [0, 0.1) is 10.1 Å². The zero-order chi connectivity index (χ0) is 14.5. The van der Waals surface area contributed by atoms with Crippen LogP contribution >= 0.6 is 11.6 Å². The third-order valence-corrected chi connectivity index (χ3v) is 3.12. The van der Waals surface area contributed by atoms with Crippen molar-refractivity contribution in [3.63, 3.8) is 0 Å². The molecule has 0 saturated heterocycles. The second-order valence-electron chi connectivity index (χ2n) is 4.07. The number of hydrogen-bond acceptors (Lipinski definition) is 3. The minimum absolute atomic E-state index is 0.0338. The summed E-state index contributed by atoms with van der Waals surface area (Å²) < 4.78 is 0. The van der Waals surface area contributed by atoms with Gasteiger partial charge in [-0.25, -0.2) is 0 Å². The van der Waals surface area contributed by atoms with Gasteiger partial charge >= 0.3 is 0 Å². The molecular weight excluding hydrogens is 280 g/mol. The Morgan fingerprint density at radius 1 is 1.10 bits per heavy atom. The van der Waals surface area contributed by atoms with Crippen LogP contribution in [0.25, 0.3) is 0 Å². The van der Waals surface area contributed by atoms with Crippen molar-refractivity contribution in [3.05, 3.63) is 70.3 Å². The predicted molar refractivity (Wildman–Crippen MR) is 76.8 cm³/mol. The van der Waals surface area contributed by atoms with Crippen LogP contribution in [0.3, 0.4) is 0 Å². The molecule has 0 aliphatic carbocycles. The third kappa shape index (κ3) is 3.33. The van der Waals surface area contributed by atoms with Crippen molar-refractivity contribution in [1.29, 1.82) is 0 Å². The molecule has 0 bridgehead atoms. The van der Waals surface area contributed by atoms with Gasteiger partial charge in [-0.15, -0.1) is 11.6 Å². The number of nitrogens with zero attached hydrogens (tertiary/aromatic N) is 1. The maximum absolute atomic E-state index is 12.0. The van der Waals surface area contributed by atoms with Gasteiger partial charge in [0.2, 0.25) is 5.91 Å². The molecule has 1 N–H and O–H groups in total. The lowest BCUT2D eigenvalue weighted by Crippen LogP contribution is -2.17. The maximum Gasteiger partial charge on any atom is 0.269 e. The fourth-order valence-corrected chi connectivity index (χ4v) is 1.85. The molecule has 2 aromatic carbocycles. The normalized spacial score (nSPS) is 11.7. The first kappa shape index (κ1) is 14.0. The molecule has 0 aliphatic rings. The number of anilines is 1. The van der Waals surface area contributed by atoms with E-state index in [1.54, 1.807) is 24.3 Å². The quantitative estimate of drug-likeness (QED) is 0.532. The zero-order valence-electron chi connectivity index (χ0n) is 10.3. The second-order valence-corrected chi connectivity index (χ2v) is 4.50. The number of hydrogen-bond donors (Lipinski definition) is 1. The molecule has 0 saturated carbocycles. The summed E-state index contributed by atoms with van der Waals surface area (Å²) in [4.78, 5) is 22.0. The number of carbonyl (C=O) groups is 1. The van der Waals surface area contributed by atoms with Crippen LogP contribution < -0.4 is 5.32 Å². The lowest BCUT2D eigenvalue weighted by atomic mass is 10.1. The van der Waals surface area contributed by atoms with Gasteiger partial charge in [-0.1, -0.05) is 30.3 Å². The van der Waals surface area contributed by atoms with E-state index < -0.39 is 10.3 Å². The van der Waals surface area contributed by atoms with Crippen LogP contribution in [0.15, 0.2) is 54.6 Å². The maximum atomic E-state index is 12.0. The number of benzene rings is 2. The largest absolute Gasteiger partial charge is 0.325 e. The average Bonchev–Trinajstić information content (AvgIpc) is 2.48. The van der Waals surface area contributed by atoms with Crippen molar-refractivity contribution in [3.8, 4) is 0 Å². The standard InChI is InChI=1S/C14H11ClN2O3/c15-13(10-4-2-1-3-5-10)14(18)16-11-6-8-12(9-7-11)17(19)20/h1-9,13H,(H,16,18). The second kappa shape index (κ2) is 6.16. The van der Waals surface area contributed by atoms with Gasteiger partial charge < -0.3 is 5.32 Å². The Balaban J connectivity index is 2.06. The minimum atomic E-state index is -0.814. The smallest absolute Gasteiger partial charge is 0.269 e. The fraction of sp³-hybridized carbons (Fsp3) is 0.0714. The lowest BCUT2D eigenvalue weighted by molar-refractivity contribution is -0.384. The number of halogens is 1. The van der Waals surface area contributed by atoms with Crippen LogP contribution in [0.2, 0.25) is 0 Å². The molecule has 0 fully saturated rings. The number of carbonyl (C=O) groups excluding carboxylic acids is 1. The number of rotatable bonds is 4. The van der Waals surface area contributed by atoms with Crippen LogP contribution in [0.5, 0.6) is 0 Å². The van der Waals surface area contributed by atoms with E-state index in [4.69, 9.17) is 11.6 Å². The Labute approximate surface area is 120 Å². The molecule has 0 radical (unpaired) electrons. The van der Waals surface area contributed by atoms with Gasteiger partial charge in [0, 0.05) is 17.8 Å². The van der Waals surface area contributed by atoms with Gasteiger partial charge in [-0.3, -0.25) is 14.9 Å². The molecule has 6 heteroatoms. The highest BCUT2D eigenvalue weighted by Gasteiger charge is 2.17. The van der Waals surface area contributed by atoms with E-state index in [0.29, 0.717) is 11.3 Å². The minimum Gasteiger partial charge on any atom is -0.325 e. The molecule has 5 nitrogen and oxygen atoms in total. The van der Waals surface area contributed by atoms with Crippen LogP contribution in [0.4, 0.5) is 11.4 Å². The first-order valence-electron chi connectivity index (χ1n) is 5.82. The topological polar surface area (TPSA) is 72.2 Å². The highest BCUT2D eigenvalue weighted by molar-refractivity contribution is 6.32. The summed E-state index contributed by atoms with van der Waals surface area (Å²) in [6.07, 6.45) is 0. The summed E-state index contributed by atoms with van der Waals surface area (Å²) in [6, 6.07) is 14.5. The fourth-order valence-electron chi connectivity index (χ4n) is 1.65. The molecule has 2 aromatic rings. The Kier molecular flexibility index (Phi) is 4.32. The molecule has 0 aromatic heterocycles. The number of non-ortho nitro benzene ring substituents is 1. The van der Waals surface area contributed by atoms with Gasteiger partial charge in [-0.2, -0.15) is 0 Å². The van der Waals surface area contributed by atoms with Crippen molar-refractivity contribution in [2.24, 2.45) is 0 Å². The van der Waals surface area contributed by atoms with Crippen molar-refractivity contribution in [1.82, 2.24) is 0 Å². The molecule has 0 spiro atoms. The van der Waals surface area contributed by atoms with Crippen molar-refractivity contribution in [2.45, 2.75) is 5.38 Å². The van der Waals surface area contributed by atoms with E-state index in [-0.39, 0.29) is 11.6 Å². The van der Waals surface area contributed by atoms with E-state index in [1.807, 2.05) is 6.07 Å². The van der Waals surface area contributed by atoms with Gasteiger partial charge in [0.15, 0.2) is 0 Å². The lowest BCUT2D eigenvalue weighted by Gasteiger charge is -2.10. The summed E-state index contributed by atoms with van der Waals surface area (Å²) in [5.74, 6) is -0.383. The molecular formula is C14H11ClN2O3. The summed E-state index contributed by atoms with van der Waals surface area (Å²) in [6.45, 7) is 0. The van der Waals surface area contributed by atoms with E-state index >= 15 is 0 Å². The first-order valence-corrected chi connectivity index (χ1v) is 6.26. The van der Waals surface area contributed by atoms with E-state index in [2.05, 4.69) is 5.32 Å². The van der Waals surface area contributed by atoms with Crippen LogP contribution in [0.1, 0.15) is 10.9 Å². The highest BCUT2D eigenvalue weighted by atomic mass is 35.5. The number of nitrogens with one attached hydrogen (secondary N) is 1. The summed E-state index contributed by atoms with van der Waals surface area (Å²) in [5, 5.41) is 12.3. The molecule has 1 atom stereocenters. The molecule has 0 heterocycles. The highest BCUT2D eigenvalue weighted by Crippen LogP contribution is 2.23. The van der Waals surface area contributed by atoms with Crippen molar-refractivity contribution >= 4 is 28.9 Å². The molecule has 0 aliphatic heterocycles. The Hall–Kier alpha value is -2.40. The predicted octanol–water partition coefficient (Wildman–Crippen LogP) is 3.51. The van der Waals surface area contributed by atoms with Crippen LogP contribution in [-0.2, 0) is 4.79 Å². The molecule has 2 rings (SSSR count). The van der Waals surface area contributed by atoms with Gasteiger partial charge in [0.25, 0.3) is 5.69 Å². The first-order chi connectivity index (χ1) is 9.58. The van der Waals surface area contributed by atoms with Gasteiger partial charge in [-0.05, 0) is 17.7 Å². The summed E-state index contributed by atoms with van der Waals surface area (Å²) >= 11 is 6.07. The number of amides is 1. The van der Waals surface area contributed by atoms with Crippen LogP contribution in [-0.4, -0.2) is 10.8 Å². The van der Waals surface area contributed by atoms with Crippen molar-refractivity contribution in [2.75, 3.05) is 5.32 Å². The monoisotopic (exact) mass is 290 g/mol. The third-order valence-electron chi connectivity index (χ3n) is 2.67. The van der Waals surface area contributed by atoms with Gasteiger partial charge in [0.1, 0.15) is 5.38 Å². The zero-order valence-corrected chi connectivity index (χ0v) is 11.1. The SMILES string of the molecule is O=C(Nc1ccc([N+](=O)[O-])cc1)C(Cl)c1ccccc1. The summed E-state index contributed by atoms with van der Waals surface area (Å²) in [5.41, 5.74) is 1.12. The van der Waals surface area contributed by atoms with E-state index in [0.717, 1.165) is 0 Å². The molecule has 102 valence electrons. The van der Waals surface area contributed by atoms with E-state index in [1.165, 1.54) is 24.3 Å². The molecule has 1 amide bonds.